The van der Waals surface area contributed by atoms with Crippen molar-refractivity contribution in [2.45, 2.75) is 51.6 Å². The van der Waals surface area contributed by atoms with Gasteiger partial charge in [0.2, 0.25) is 15.9 Å². The fraction of sp³-hybridized carbons (Fsp3) is 0.500. The zero-order chi connectivity index (χ0) is 25.5. The first-order valence-electron chi connectivity index (χ1n) is 11.0. The number of hydrogen-bond donors (Lipinski definition) is 2. The SMILES string of the molecule is CCN(CC)S(=O)(=O)c1cccc(C(=O)NC(C(=O)NCCc2nccn2C(F)F)C(C)C)c1. The molecule has 1 aromatic carbocycles. The first kappa shape index (κ1) is 27.4. The van der Waals surface area contributed by atoms with E-state index in [1.807, 2.05) is 0 Å². The van der Waals surface area contributed by atoms with Gasteiger partial charge in [0.05, 0.1) is 4.90 Å². The van der Waals surface area contributed by atoms with Crippen molar-refractivity contribution in [1.29, 1.82) is 0 Å². The maximum absolute atomic E-state index is 12.9. The predicted molar refractivity (Wildman–Crippen MR) is 123 cm³/mol. The second kappa shape index (κ2) is 12.0. The lowest BCUT2D eigenvalue weighted by Gasteiger charge is -2.22. The summed E-state index contributed by atoms with van der Waals surface area (Å²) in [6.07, 6.45) is 2.51. The van der Waals surface area contributed by atoms with E-state index in [0.29, 0.717) is 17.7 Å². The lowest BCUT2D eigenvalue weighted by Crippen LogP contribution is -2.50. The molecule has 0 bridgehead atoms. The Morgan fingerprint density at radius 2 is 1.85 bits per heavy atom. The first-order valence-corrected chi connectivity index (χ1v) is 12.5. The summed E-state index contributed by atoms with van der Waals surface area (Å²) < 4.78 is 53.4. The molecule has 2 amide bonds. The minimum atomic E-state index is -3.75. The number of rotatable bonds is 12. The van der Waals surface area contributed by atoms with Crippen molar-refractivity contribution < 1.29 is 26.8 Å². The van der Waals surface area contributed by atoms with Gasteiger partial charge in [-0.2, -0.15) is 13.1 Å². The van der Waals surface area contributed by atoms with Gasteiger partial charge in [0.1, 0.15) is 11.9 Å². The Morgan fingerprint density at radius 3 is 2.44 bits per heavy atom. The highest BCUT2D eigenvalue weighted by atomic mass is 32.2. The standard InChI is InChI=1S/C22H31F2N5O4S/c1-5-28(6-2)34(32,33)17-9-7-8-16(14-17)20(30)27-19(15(3)4)21(31)26-11-10-18-25-12-13-29(18)22(23)24/h7-9,12-15,19,22H,5-6,10-11H2,1-4H3,(H,26,31)(H,27,30). The van der Waals surface area contributed by atoms with Crippen LogP contribution in [0.15, 0.2) is 41.6 Å². The van der Waals surface area contributed by atoms with Crippen molar-refractivity contribution in [3.63, 3.8) is 0 Å². The Hall–Kier alpha value is -2.86. The van der Waals surface area contributed by atoms with Gasteiger partial charge in [0, 0.05) is 44.0 Å². The molecule has 1 heterocycles. The fourth-order valence-corrected chi connectivity index (χ4v) is 4.90. The summed E-state index contributed by atoms with van der Waals surface area (Å²) in [7, 11) is -3.75. The van der Waals surface area contributed by atoms with Crippen LogP contribution < -0.4 is 10.6 Å². The molecule has 0 aliphatic rings. The summed E-state index contributed by atoms with van der Waals surface area (Å²) >= 11 is 0. The molecule has 1 aromatic heterocycles. The van der Waals surface area contributed by atoms with E-state index in [4.69, 9.17) is 0 Å². The maximum atomic E-state index is 12.9. The average Bonchev–Trinajstić information content (AvgIpc) is 3.26. The molecule has 1 atom stereocenters. The normalized spacial score (nSPS) is 12.9. The molecule has 1 unspecified atom stereocenters. The molecule has 0 saturated heterocycles. The number of imidazole rings is 1. The van der Waals surface area contributed by atoms with Gasteiger partial charge in [-0.05, 0) is 24.1 Å². The lowest BCUT2D eigenvalue weighted by atomic mass is 10.0. The summed E-state index contributed by atoms with van der Waals surface area (Å²) in [6, 6.07) is 4.73. The third-order valence-corrected chi connectivity index (χ3v) is 7.33. The van der Waals surface area contributed by atoms with E-state index >= 15 is 0 Å². The highest BCUT2D eigenvalue weighted by Crippen LogP contribution is 2.17. The Morgan fingerprint density at radius 1 is 1.18 bits per heavy atom. The summed E-state index contributed by atoms with van der Waals surface area (Å²) in [4.78, 5) is 29.4. The monoisotopic (exact) mass is 499 g/mol. The number of carbonyl (C=O) groups excluding carboxylic acids is 2. The third-order valence-electron chi connectivity index (χ3n) is 5.28. The zero-order valence-corrected chi connectivity index (χ0v) is 20.5. The van der Waals surface area contributed by atoms with Gasteiger partial charge in [0.25, 0.3) is 5.91 Å². The van der Waals surface area contributed by atoms with Crippen LogP contribution in [0.4, 0.5) is 8.78 Å². The molecule has 2 rings (SSSR count). The van der Waals surface area contributed by atoms with Crippen molar-refractivity contribution >= 4 is 21.8 Å². The van der Waals surface area contributed by atoms with E-state index < -0.39 is 34.4 Å². The van der Waals surface area contributed by atoms with E-state index in [0.717, 1.165) is 6.20 Å². The number of carbonyl (C=O) groups is 2. The van der Waals surface area contributed by atoms with Crippen LogP contribution in [0, 0.1) is 5.92 Å². The number of sulfonamides is 1. The van der Waals surface area contributed by atoms with E-state index in [1.165, 1.54) is 34.8 Å². The maximum Gasteiger partial charge on any atom is 0.319 e. The molecule has 12 heteroatoms. The topological polar surface area (TPSA) is 113 Å². The van der Waals surface area contributed by atoms with Crippen LogP contribution in [0.2, 0.25) is 0 Å². The summed E-state index contributed by atoms with van der Waals surface area (Å²) in [5, 5.41) is 5.28. The van der Waals surface area contributed by atoms with Gasteiger partial charge in [-0.15, -0.1) is 0 Å². The Bertz CT molecular complexity index is 1080. The average molecular weight is 500 g/mol. The number of alkyl halides is 2. The largest absolute Gasteiger partial charge is 0.354 e. The number of nitrogens with one attached hydrogen (secondary N) is 2. The van der Waals surface area contributed by atoms with Gasteiger partial charge in [-0.3, -0.25) is 14.2 Å². The highest BCUT2D eigenvalue weighted by Gasteiger charge is 2.26. The van der Waals surface area contributed by atoms with E-state index in [1.54, 1.807) is 27.7 Å². The molecule has 0 aliphatic carbocycles. The zero-order valence-electron chi connectivity index (χ0n) is 19.7. The number of benzene rings is 1. The highest BCUT2D eigenvalue weighted by molar-refractivity contribution is 7.89. The van der Waals surface area contributed by atoms with Crippen LogP contribution in [-0.4, -0.2) is 59.8 Å². The van der Waals surface area contributed by atoms with Gasteiger partial charge in [0.15, 0.2) is 0 Å². The second-order valence-electron chi connectivity index (χ2n) is 7.88. The number of amides is 2. The molecule has 0 aliphatic heterocycles. The van der Waals surface area contributed by atoms with Crippen molar-refractivity contribution in [3.05, 3.63) is 48.0 Å². The molecular weight excluding hydrogens is 468 g/mol. The minimum Gasteiger partial charge on any atom is -0.354 e. The van der Waals surface area contributed by atoms with E-state index in [2.05, 4.69) is 15.6 Å². The Balaban J connectivity index is 2.08. The molecule has 0 spiro atoms. The molecule has 0 saturated carbocycles. The molecule has 2 N–H and O–H groups in total. The van der Waals surface area contributed by atoms with E-state index in [9.17, 15) is 26.8 Å². The quantitative estimate of drug-likeness (QED) is 0.466. The summed E-state index contributed by atoms with van der Waals surface area (Å²) in [6.45, 7) is 4.86. The minimum absolute atomic E-state index is 0.0102. The Kier molecular flexibility index (Phi) is 9.68. The fourth-order valence-electron chi connectivity index (χ4n) is 3.39. The van der Waals surface area contributed by atoms with Crippen LogP contribution in [0.5, 0.6) is 0 Å². The third kappa shape index (κ3) is 6.60. The number of nitrogens with zero attached hydrogens (tertiary/aromatic N) is 3. The molecule has 188 valence electrons. The molecular formula is C22H31F2N5O4S. The number of halogens is 2. The molecule has 9 nitrogen and oxygen atoms in total. The Labute approximate surface area is 198 Å². The molecule has 0 fully saturated rings. The van der Waals surface area contributed by atoms with Crippen molar-refractivity contribution in [1.82, 2.24) is 24.5 Å². The van der Waals surface area contributed by atoms with Crippen LogP contribution in [-0.2, 0) is 21.2 Å². The first-order chi connectivity index (χ1) is 16.0. The number of hydrogen-bond acceptors (Lipinski definition) is 5. The molecule has 0 radical (unpaired) electrons. The van der Waals surface area contributed by atoms with E-state index in [-0.39, 0.29) is 35.2 Å². The van der Waals surface area contributed by atoms with Gasteiger partial charge in [-0.25, -0.2) is 13.4 Å². The van der Waals surface area contributed by atoms with Crippen LogP contribution in [0.3, 0.4) is 0 Å². The summed E-state index contributed by atoms with van der Waals surface area (Å²) in [5.41, 5.74) is 0.102. The second-order valence-corrected chi connectivity index (χ2v) is 9.82. The van der Waals surface area contributed by atoms with Crippen LogP contribution in [0.25, 0.3) is 0 Å². The lowest BCUT2D eigenvalue weighted by molar-refractivity contribution is -0.123. The van der Waals surface area contributed by atoms with Crippen molar-refractivity contribution in [2.75, 3.05) is 19.6 Å². The summed E-state index contributed by atoms with van der Waals surface area (Å²) in [5.74, 6) is -1.23. The van der Waals surface area contributed by atoms with Gasteiger partial charge >= 0.3 is 6.55 Å². The molecule has 34 heavy (non-hydrogen) atoms. The number of aromatic nitrogens is 2. The molecule has 2 aromatic rings. The predicted octanol–water partition coefficient (Wildman–Crippen LogP) is 2.42. The van der Waals surface area contributed by atoms with Crippen LogP contribution >= 0.6 is 0 Å². The smallest absolute Gasteiger partial charge is 0.319 e. The van der Waals surface area contributed by atoms with Gasteiger partial charge < -0.3 is 10.6 Å². The van der Waals surface area contributed by atoms with Crippen molar-refractivity contribution in [3.8, 4) is 0 Å². The van der Waals surface area contributed by atoms with Crippen molar-refractivity contribution in [2.24, 2.45) is 5.92 Å². The van der Waals surface area contributed by atoms with Crippen LogP contribution in [0.1, 0.15) is 50.4 Å². The van der Waals surface area contributed by atoms with Gasteiger partial charge in [-0.1, -0.05) is 33.8 Å².